The van der Waals surface area contributed by atoms with E-state index < -0.39 is 0 Å². The summed E-state index contributed by atoms with van der Waals surface area (Å²) in [5, 5.41) is 12.0. The molecule has 0 atom stereocenters. The van der Waals surface area contributed by atoms with Gasteiger partial charge in [-0.15, -0.1) is 0 Å². The van der Waals surface area contributed by atoms with Gasteiger partial charge in [0.15, 0.2) is 0 Å². The van der Waals surface area contributed by atoms with Crippen molar-refractivity contribution >= 4 is 5.91 Å². The number of hydrogen-bond donors (Lipinski definition) is 2. The van der Waals surface area contributed by atoms with Gasteiger partial charge < -0.3 is 15.2 Å². The van der Waals surface area contributed by atoms with Crippen LogP contribution in [0.1, 0.15) is 37.0 Å². The van der Waals surface area contributed by atoms with Crippen LogP contribution in [-0.2, 0) is 0 Å². The second-order valence-corrected chi connectivity index (χ2v) is 5.41. The summed E-state index contributed by atoms with van der Waals surface area (Å²) in [6, 6.07) is 7.02. The highest BCUT2D eigenvalue weighted by Crippen LogP contribution is 2.20. The molecule has 0 unspecified atom stereocenters. The first-order chi connectivity index (χ1) is 8.98. The Morgan fingerprint density at radius 2 is 1.95 bits per heavy atom. The van der Waals surface area contributed by atoms with E-state index in [4.69, 9.17) is 9.84 Å². The minimum absolute atomic E-state index is 0.0785. The fourth-order valence-corrected chi connectivity index (χ4v) is 1.69. The molecule has 1 aromatic carbocycles. The number of nitrogens with one attached hydrogen (secondary N) is 1. The van der Waals surface area contributed by atoms with Gasteiger partial charge in [-0.25, -0.2) is 0 Å². The van der Waals surface area contributed by atoms with E-state index in [0.29, 0.717) is 12.1 Å². The normalized spacial score (nSPS) is 11.2. The van der Waals surface area contributed by atoms with Crippen LogP contribution in [0, 0.1) is 5.41 Å². The highest BCUT2D eigenvalue weighted by atomic mass is 16.5. The van der Waals surface area contributed by atoms with Gasteiger partial charge in [-0.2, -0.15) is 0 Å². The molecule has 0 spiro atoms. The number of methoxy groups -OCH3 is 1. The summed E-state index contributed by atoms with van der Waals surface area (Å²) in [6.07, 6.45) is 1.74. The molecule has 0 aliphatic rings. The van der Waals surface area contributed by atoms with Crippen molar-refractivity contribution in [2.75, 3.05) is 20.3 Å². The lowest BCUT2D eigenvalue weighted by Crippen LogP contribution is -2.26. The van der Waals surface area contributed by atoms with Crippen LogP contribution in [0.2, 0.25) is 0 Å². The third kappa shape index (κ3) is 5.30. The van der Waals surface area contributed by atoms with Crippen molar-refractivity contribution in [2.45, 2.75) is 26.7 Å². The number of rotatable bonds is 7. The number of benzene rings is 1. The molecule has 19 heavy (non-hydrogen) atoms. The van der Waals surface area contributed by atoms with Crippen molar-refractivity contribution in [1.29, 1.82) is 0 Å². The summed E-state index contributed by atoms with van der Waals surface area (Å²) in [5.74, 6) is 0.658. The van der Waals surface area contributed by atoms with Gasteiger partial charge in [-0.3, -0.25) is 4.79 Å². The van der Waals surface area contributed by atoms with Gasteiger partial charge >= 0.3 is 0 Å². The minimum Gasteiger partial charge on any atom is -0.497 e. The Balaban J connectivity index is 2.35. The summed E-state index contributed by atoms with van der Waals surface area (Å²) in [7, 11) is 1.60. The number of amides is 1. The maximum Gasteiger partial charge on any atom is 0.251 e. The smallest absolute Gasteiger partial charge is 0.251 e. The van der Waals surface area contributed by atoms with Gasteiger partial charge in [0.2, 0.25) is 0 Å². The van der Waals surface area contributed by atoms with E-state index in [1.165, 1.54) is 0 Å². The van der Waals surface area contributed by atoms with Crippen molar-refractivity contribution in [2.24, 2.45) is 5.41 Å². The lowest BCUT2D eigenvalue weighted by molar-refractivity contribution is 0.0948. The molecule has 1 aromatic rings. The lowest BCUT2D eigenvalue weighted by atomic mass is 9.89. The van der Waals surface area contributed by atoms with Crippen LogP contribution in [0.4, 0.5) is 0 Å². The van der Waals surface area contributed by atoms with Crippen molar-refractivity contribution in [1.82, 2.24) is 5.32 Å². The first-order valence-electron chi connectivity index (χ1n) is 6.51. The highest BCUT2D eigenvalue weighted by molar-refractivity contribution is 5.94. The van der Waals surface area contributed by atoms with Crippen molar-refractivity contribution in [3.8, 4) is 5.75 Å². The Kier molecular flexibility index (Phi) is 5.83. The quantitative estimate of drug-likeness (QED) is 0.743. The Morgan fingerprint density at radius 3 is 2.47 bits per heavy atom. The fourth-order valence-electron chi connectivity index (χ4n) is 1.69. The van der Waals surface area contributed by atoms with Crippen molar-refractivity contribution in [3.63, 3.8) is 0 Å². The summed E-state index contributed by atoms with van der Waals surface area (Å²) < 4.78 is 5.04. The predicted octanol–water partition coefficient (Wildman–Crippen LogP) is 2.22. The molecule has 0 saturated carbocycles. The molecule has 0 aliphatic heterocycles. The second-order valence-electron chi connectivity index (χ2n) is 5.41. The molecule has 1 amide bonds. The molecule has 0 saturated heterocycles. The number of aliphatic hydroxyl groups excluding tert-OH is 1. The number of ether oxygens (including phenoxy) is 1. The first-order valence-corrected chi connectivity index (χ1v) is 6.51. The fraction of sp³-hybridized carbons (Fsp3) is 0.533. The number of hydrogen-bond acceptors (Lipinski definition) is 3. The minimum atomic E-state index is -0.0792. The Bertz CT molecular complexity index is 398. The van der Waals surface area contributed by atoms with Crippen LogP contribution < -0.4 is 10.1 Å². The monoisotopic (exact) mass is 265 g/mol. The average molecular weight is 265 g/mol. The molecule has 4 heteroatoms. The van der Waals surface area contributed by atoms with E-state index >= 15 is 0 Å². The summed E-state index contributed by atoms with van der Waals surface area (Å²) in [4.78, 5) is 11.8. The molecule has 0 heterocycles. The van der Waals surface area contributed by atoms with E-state index in [-0.39, 0.29) is 17.9 Å². The molecule has 0 fully saturated rings. The zero-order valence-electron chi connectivity index (χ0n) is 11.9. The standard InChI is InChI=1S/C15H23NO3/c1-15(2,11-17)9-4-10-16-14(18)12-5-7-13(19-3)8-6-12/h5-8,17H,4,9-11H2,1-3H3,(H,16,18). The van der Waals surface area contributed by atoms with Crippen LogP contribution in [-0.4, -0.2) is 31.3 Å². The molecule has 106 valence electrons. The van der Waals surface area contributed by atoms with Crippen LogP contribution in [0.25, 0.3) is 0 Å². The maximum atomic E-state index is 11.8. The van der Waals surface area contributed by atoms with E-state index in [2.05, 4.69) is 5.32 Å². The van der Waals surface area contributed by atoms with Crippen LogP contribution in [0.3, 0.4) is 0 Å². The lowest BCUT2D eigenvalue weighted by Gasteiger charge is -2.21. The van der Waals surface area contributed by atoms with Crippen LogP contribution in [0.15, 0.2) is 24.3 Å². The van der Waals surface area contributed by atoms with Gasteiger partial charge in [0.25, 0.3) is 5.91 Å². The highest BCUT2D eigenvalue weighted by Gasteiger charge is 2.15. The van der Waals surface area contributed by atoms with Gasteiger partial charge in [-0.1, -0.05) is 13.8 Å². The van der Waals surface area contributed by atoms with Gasteiger partial charge in [0.1, 0.15) is 5.75 Å². The summed E-state index contributed by atoms with van der Waals surface area (Å²) in [6.45, 7) is 4.81. The average Bonchev–Trinajstić information content (AvgIpc) is 2.43. The molecule has 2 N–H and O–H groups in total. The zero-order chi connectivity index (χ0) is 14.3. The predicted molar refractivity (Wildman–Crippen MR) is 75.4 cm³/mol. The Hall–Kier alpha value is -1.55. The van der Waals surface area contributed by atoms with Crippen LogP contribution >= 0.6 is 0 Å². The van der Waals surface area contributed by atoms with E-state index in [0.717, 1.165) is 18.6 Å². The largest absolute Gasteiger partial charge is 0.497 e. The number of carbonyl (C=O) groups excluding carboxylic acids is 1. The molecule has 0 aromatic heterocycles. The molecular weight excluding hydrogens is 242 g/mol. The van der Waals surface area contributed by atoms with Gasteiger partial charge in [0.05, 0.1) is 7.11 Å². The van der Waals surface area contributed by atoms with Crippen molar-refractivity contribution in [3.05, 3.63) is 29.8 Å². The zero-order valence-corrected chi connectivity index (χ0v) is 11.9. The third-order valence-corrected chi connectivity index (χ3v) is 3.10. The molecule has 1 rings (SSSR count). The van der Waals surface area contributed by atoms with Crippen molar-refractivity contribution < 1.29 is 14.6 Å². The molecular formula is C15H23NO3. The van der Waals surface area contributed by atoms with Gasteiger partial charge in [0, 0.05) is 18.7 Å². The number of aliphatic hydroxyl groups is 1. The number of carbonyl (C=O) groups is 1. The summed E-state index contributed by atoms with van der Waals surface area (Å²) >= 11 is 0. The Labute approximate surface area is 114 Å². The van der Waals surface area contributed by atoms with E-state index in [9.17, 15) is 4.79 Å². The van der Waals surface area contributed by atoms with Crippen LogP contribution in [0.5, 0.6) is 5.75 Å². The molecule has 0 radical (unpaired) electrons. The second kappa shape index (κ2) is 7.14. The van der Waals surface area contributed by atoms with Gasteiger partial charge in [-0.05, 0) is 42.5 Å². The molecule has 4 nitrogen and oxygen atoms in total. The SMILES string of the molecule is COc1ccc(C(=O)NCCCC(C)(C)CO)cc1. The molecule has 0 bridgehead atoms. The topological polar surface area (TPSA) is 58.6 Å². The Morgan fingerprint density at radius 1 is 1.32 bits per heavy atom. The molecule has 0 aliphatic carbocycles. The van der Waals surface area contributed by atoms with E-state index in [1.807, 2.05) is 13.8 Å². The third-order valence-electron chi connectivity index (χ3n) is 3.10. The first kappa shape index (κ1) is 15.5. The maximum absolute atomic E-state index is 11.8. The summed E-state index contributed by atoms with van der Waals surface area (Å²) in [5.41, 5.74) is 0.549. The van der Waals surface area contributed by atoms with E-state index in [1.54, 1.807) is 31.4 Å².